The Morgan fingerprint density at radius 3 is 2.06 bits per heavy atom. The molecule has 0 saturated heterocycles. The molecule has 0 bridgehead atoms. The minimum Gasteiger partial charge on any atom is -0.466 e. The molecule has 16 heavy (non-hydrogen) atoms. The van der Waals surface area contributed by atoms with E-state index in [9.17, 15) is 9.59 Å². The van der Waals surface area contributed by atoms with Crippen LogP contribution in [0.5, 0.6) is 0 Å². The highest BCUT2D eigenvalue weighted by molar-refractivity contribution is 6.33. The van der Waals surface area contributed by atoms with E-state index in [1.54, 1.807) is 31.2 Å². The average molecular weight is 243 g/mol. The lowest BCUT2D eigenvalue weighted by atomic mass is 10.1. The number of ketones is 1. The Morgan fingerprint density at radius 1 is 1.25 bits per heavy atom. The molecule has 1 aromatic carbocycles. The number of ether oxygens (including phenoxy) is 1. The van der Waals surface area contributed by atoms with Crippen LogP contribution in [0.2, 0.25) is 5.02 Å². The van der Waals surface area contributed by atoms with Crippen molar-refractivity contribution in [1.82, 2.24) is 0 Å². The van der Waals surface area contributed by atoms with Crippen LogP contribution in [0, 0.1) is 0 Å². The van der Waals surface area contributed by atoms with Gasteiger partial charge in [-0.05, 0) is 26.0 Å². The van der Waals surface area contributed by atoms with E-state index in [0.29, 0.717) is 17.2 Å². The van der Waals surface area contributed by atoms with Gasteiger partial charge in [-0.3, -0.25) is 9.59 Å². The number of benzene rings is 1. The maximum atomic E-state index is 10.8. The molecule has 0 unspecified atom stereocenters. The van der Waals surface area contributed by atoms with Gasteiger partial charge in [-0.25, -0.2) is 0 Å². The number of esters is 1. The van der Waals surface area contributed by atoms with Crippen molar-refractivity contribution in [1.29, 1.82) is 0 Å². The zero-order chi connectivity index (χ0) is 12.6. The first kappa shape index (κ1) is 14.6. The molecule has 0 amide bonds. The molecule has 88 valence electrons. The predicted octanol–water partition coefficient (Wildman–Crippen LogP) is 3.11. The van der Waals surface area contributed by atoms with Gasteiger partial charge in [0.1, 0.15) is 0 Å². The number of Topliss-reactive ketones (excluding diaryl/α,β-unsaturated/α-hetero) is 1. The topological polar surface area (TPSA) is 43.4 Å². The van der Waals surface area contributed by atoms with Crippen LogP contribution in [0.4, 0.5) is 0 Å². The standard InChI is InChI=1S/C8H7ClO.C4H8O2/c1-6(10)7-4-2-3-5-8(7)9;1-3-6-4(2)5/h2-5H,1H3;3H2,1-2H3. The summed E-state index contributed by atoms with van der Waals surface area (Å²) in [6.45, 7) is 5.15. The number of rotatable bonds is 2. The molecule has 0 aromatic heterocycles. The zero-order valence-electron chi connectivity index (χ0n) is 9.62. The SMILES string of the molecule is CC(=O)c1ccccc1Cl.CCOC(C)=O. The predicted molar refractivity (Wildman–Crippen MR) is 63.8 cm³/mol. The fraction of sp³-hybridized carbons (Fsp3) is 0.333. The fourth-order valence-corrected chi connectivity index (χ4v) is 1.22. The second-order valence-corrected chi connectivity index (χ2v) is 3.37. The highest BCUT2D eigenvalue weighted by Gasteiger charge is 2.01. The van der Waals surface area contributed by atoms with E-state index in [-0.39, 0.29) is 11.8 Å². The van der Waals surface area contributed by atoms with E-state index in [4.69, 9.17) is 11.6 Å². The van der Waals surface area contributed by atoms with Gasteiger partial charge in [0.05, 0.1) is 11.6 Å². The largest absolute Gasteiger partial charge is 0.466 e. The quantitative estimate of drug-likeness (QED) is 0.591. The molecule has 0 atom stereocenters. The summed E-state index contributed by atoms with van der Waals surface area (Å²) in [4.78, 5) is 20.6. The molecule has 0 saturated carbocycles. The van der Waals surface area contributed by atoms with Crippen LogP contribution in [-0.2, 0) is 9.53 Å². The first-order valence-electron chi connectivity index (χ1n) is 4.87. The molecule has 4 heteroatoms. The van der Waals surface area contributed by atoms with Crippen molar-refractivity contribution < 1.29 is 14.3 Å². The molecule has 0 radical (unpaired) electrons. The Bertz CT molecular complexity index is 361. The minimum absolute atomic E-state index is 0.00519. The Balaban J connectivity index is 0.000000325. The van der Waals surface area contributed by atoms with E-state index in [1.165, 1.54) is 13.8 Å². The van der Waals surface area contributed by atoms with Crippen molar-refractivity contribution in [2.45, 2.75) is 20.8 Å². The van der Waals surface area contributed by atoms with Gasteiger partial charge in [0.25, 0.3) is 0 Å². The van der Waals surface area contributed by atoms with Gasteiger partial charge < -0.3 is 4.74 Å². The van der Waals surface area contributed by atoms with E-state index >= 15 is 0 Å². The maximum Gasteiger partial charge on any atom is 0.302 e. The second-order valence-electron chi connectivity index (χ2n) is 2.96. The first-order chi connectivity index (χ1) is 7.49. The van der Waals surface area contributed by atoms with Crippen LogP contribution in [0.3, 0.4) is 0 Å². The average Bonchev–Trinajstić information content (AvgIpc) is 2.18. The Labute approximate surface area is 100 Å². The zero-order valence-corrected chi connectivity index (χ0v) is 10.4. The Morgan fingerprint density at radius 2 is 1.81 bits per heavy atom. The Kier molecular flexibility index (Phi) is 7.21. The van der Waals surface area contributed by atoms with Gasteiger partial charge in [-0.15, -0.1) is 0 Å². The highest BCUT2D eigenvalue weighted by atomic mass is 35.5. The molecular formula is C12H15ClO3. The molecule has 3 nitrogen and oxygen atoms in total. The van der Waals surface area contributed by atoms with E-state index in [1.807, 2.05) is 0 Å². The van der Waals surface area contributed by atoms with Crippen LogP contribution >= 0.6 is 11.6 Å². The molecule has 0 spiro atoms. The third kappa shape index (κ3) is 6.19. The Hall–Kier alpha value is -1.35. The van der Waals surface area contributed by atoms with Crippen LogP contribution < -0.4 is 0 Å². The van der Waals surface area contributed by atoms with Crippen LogP contribution in [0.25, 0.3) is 0 Å². The number of hydrogen-bond acceptors (Lipinski definition) is 3. The van der Waals surface area contributed by atoms with E-state index in [0.717, 1.165) is 0 Å². The van der Waals surface area contributed by atoms with Crippen LogP contribution in [-0.4, -0.2) is 18.4 Å². The molecule has 0 aliphatic rings. The lowest BCUT2D eigenvalue weighted by Crippen LogP contribution is -1.95. The molecule has 1 rings (SSSR count). The smallest absolute Gasteiger partial charge is 0.302 e. The van der Waals surface area contributed by atoms with Crippen LogP contribution in [0.1, 0.15) is 31.1 Å². The molecule has 0 N–H and O–H groups in total. The van der Waals surface area contributed by atoms with Gasteiger partial charge in [-0.2, -0.15) is 0 Å². The van der Waals surface area contributed by atoms with Crippen LogP contribution in [0.15, 0.2) is 24.3 Å². The summed E-state index contributed by atoms with van der Waals surface area (Å²) < 4.78 is 4.40. The monoisotopic (exact) mass is 242 g/mol. The summed E-state index contributed by atoms with van der Waals surface area (Å²) >= 11 is 5.70. The summed E-state index contributed by atoms with van der Waals surface area (Å²) in [6.07, 6.45) is 0. The van der Waals surface area contributed by atoms with Gasteiger partial charge in [0.2, 0.25) is 0 Å². The second kappa shape index (κ2) is 7.88. The molecule has 0 aliphatic carbocycles. The summed E-state index contributed by atoms with van der Waals surface area (Å²) in [6, 6.07) is 7.01. The fourth-order valence-electron chi connectivity index (χ4n) is 0.950. The lowest BCUT2D eigenvalue weighted by Gasteiger charge is -1.95. The third-order valence-electron chi connectivity index (χ3n) is 1.60. The third-order valence-corrected chi connectivity index (χ3v) is 1.93. The molecule has 0 heterocycles. The van der Waals surface area contributed by atoms with Crippen molar-refractivity contribution in [2.24, 2.45) is 0 Å². The highest BCUT2D eigenvalue weighted by Crippen LogP contribution is 2.14. The molecule has 0 aliphatic heterocycles. The summed E-state index contributed by atoms with van der Waals surface area (Å²) in [5.74, 6) is -0.205. The number of halogens is 1. The summed E-state index contributed by atoms with van der Waals surface area (Å²) in [5.41, 5.74) is 0.587. The normalized spacial score (nSPS) is 8.75. The molecule has 0 fully saturated rings. The summed E-state index contributed by atoms with van der Waals surface area (Å²) in [5, 5.41) is 0.523. The summed E-state index contributed by atoms with van der Waals surface area (Å²) in [7, 11) is 0. The molecular weight excluding hydrogens is 228 g/mol. The maximum absolute atomic E-state index is 10.8. The van der Waals surface area contributed by atoms with Crippen molar-refractivity contribution in [2.75, 3.05) is 6.61 Å². The van der Waals surface area contributed by atoms with Gasteiger partial charge in [0, 0.05) is 12.5 Å². The number of carbonyl (C=O) groups excluding carboxylic acids is 2. The molecule has 1 aromatic rings. The van der Waals surface area contributed by atoms with Crippen molar-refractivity contribution >= 4 is 23.4 Å². The van der Waals surface area contributed by atoms with Gasteiger partial charge >= 0.3 is 5.97 Å². The first-order valence-corrected chi connectivity index (χ1v) is 5.25. The van der Waals surface area contributed by atoms with Crippen molar-refractivity contribution in [3.8, 4) is 0 Å². The van der Waals surface area contributed by atoms with Gasteiger partial charge in [0.15, 0.2) is 5.78 Å². The minimum atomic E-state index is -0.211. The van der Waals surface area contributed by atoms with Gasteiger partial charge in [-0.1, -0.05) is 23.7 Å². The number of hydrogen-bond donors (Lipinski definition) is 0. The van der Waals surface area contributed by atoms with Crippen molar-refractivity contribution in [3.05, 3.63) is 34.9 Å². The van der Waals surface area contributed by atoms with Crippen molar-refractivity contribution in [3.63, 3.8) is 0 Å². The number of carbonyl (C=O) groups is 2. The lowest BCUT2D eigenvalue weighted by molar-refractivity contribution is -0.140. The van der Waals surface area contributed by atoms with E-state index in [2.05, 4.69) is 4.74 Å². The van der Waals surface area contributed by atoms with E-state index < -0.39 is 0 Å².